The summed E-state index contributed by atoms with van der Waals surface area (Å²) in [4.78, 5) is 23.9. The Kier molecular flexibility index (Phi) is 6.10. The van der Waals surface area contributed by atoms with Gasteiger partial charge in [-0.3, -0.25) is 9.59 Å². The molecule has 0 atom stereocenters. The third-order valence-corrected chi connectivity index (χ3v) is 4.49. The molecule has 0 aliphatic heterocycles. The van der Waals surface area contributed by atoms with Crippen LogP contribution in [0.4, 0.5) is 24.5 Å². The number of carbonyl (C=O) groups is 2. The molecular formula is C21H21F3N2O3. The van der Waals surface area contributed by atoms with E-state index in [1.807, 2.05) is 13.0 Å². The standard InChI is InChI=1S/C21H21F3N2O3/c1-2-13-4-3-5-16(10-13)29-12-19(27)26-18-9-8-15(11-17(18)21(22,23)24)25-20(28)14-6-7-14/h3-5,8-11,14H,2,6-7,12H2,1H3,(H,25,28)(H,26,27). The predicted molar refractivity (Wildman–Crippen MR) is 103 cm³/mol. The maximum atomic E-state index is 13.4. The predicted octanol–water partition coefficient (Wildman–Crippen LogP) is 4.63. The Hall–Kier alpha value is -3.03. The molecule has 0 bridgehead atoms. The largest absolute Gasteiger partial charge is 0.484 e. The topological polar surface area (TPSA) is 67.4 Å². The fourth-order valence-electron chi connectivity index (χ4n) is 2.75. The van der Waals surface area contributed by atoms with E-state index >= 15 is 0 Å². The minimum atomic E-state index is -4.70. The summed E-state index contributed by atoms with van der Waals surface area (Å²) < 4.78 is 45.6. The summed E-state index contributed by atoms with van der Waals surface area (Å²) in [6.45, 7) is 1.55. The Morgan fingerprint density at radius 2 is 1.86 bits per heavy atom. The minimum Gasteiger partial charge on any atom is -0.484 e. The number of anilines is 2. The third kappa shape index (κ3) is 5.73. The Labute approximate surface area is 166 Å². The van der Waals surface area contributed by atoms with E-state index in [2.05, 4.69) is 10.6 Å². The highest BCUT2D eigenvalue weighted by atomic mass is 19.4. The van der Waals surface area contributed by atoms with Crippen molar-refractivity contribution in [2.45, 2.75) is 32.4 Å². The number of halogens is 3. The summed E-state index contributed by atoms with van der Waals surface area (Å²) in [6.07, 6.45) is -2.41. The van der Waals surface area contributed by atoms with E-state index in [9.17, 15) is 22.8 Å². The maximum Gasteiger partial charge on any atom is 0.418 e. The van der Waals surface area contributed by atoms with Gasteiger partial charge in [0.1, 0.15) is 5.75 Å². The molecule has 0 radical (unpaired) electrons. The van der Waals surface area contributed by atoms with E-state index in [4.69, 9.17) is 4.74 Å². The van der Waals surface area contributed by atoms with Crippen molar-refractivity contribution < 1.29 is 27.5 Å². The molecule has 2 amide bonds. The third-order valence-electron chi connectivity index (χ3n) is 4.49. The molecule has 0 aromatic heterocycles. The fourth-order valence-corrected chi connectivity index (χ4v) is 2.75. The van der Waals surface area contributed by atoms with Crippen LogP contribution in [-0.4, -0.2) is 18.4 Å². The van der Waals surface area contributed by atoms with Crippen molar-refractivity contribution in [2.75, 3.05) is 17.2 Å². The number of hydrogen-bond acceptors (Lipinski definition) is 3. The van der Waals surface area contributed by atoms with Crippen molar-refractivity contribution in [3.8, 4) is 5.75 Å². The molecule has 2 aromatic rings. The zero-order valence-electron chi connectivity index (χ0n) is 15.8. The van der Waals surface area contributed by atoms with Crippen molar-refractivity contribution in [3.05, 3.63) is 53.6 Å². The van der Waals surface area contributed by atoms with Crippen molar-refractivity contribution in [1.29, 1.82) is 0 Å². The number of hydrogen-bond donors (Lipinski definition) is 2. The molecule has 154 valence electrons. The van der Waals surface area contributed by atoms with Gasteiger partial charge in [0, 0.05) is 11.6 Å². The van der Waals surface area contributed by atoms with Gasteiger partial charge in [0.2, 0.25) is 5.91 Å². The lowest BCUT2D eigenvalue weighted by Crippen LogP contribution is -2.22. The summed E-state index contributed by atoms with van der Waals surface area (Å²) in [5.74, 6) is -0.675. The lowest BCUT2D eigenvalue weighted by molar-refractivity contribution is -0.137. The highest BCUT2D eigenvalue weighted by Gasteiger charge is 2.35. The van der Waals surface area contributed by atoms with Gasteiger partial charge < -0.3 is 15.4 Å². The van der Waals surface area contributed by atoms with E-state index in [0.29, 0.717) is 5.75 Å². The van der Waals surface area contributed by atoms with E-state index < -0.39 is 29.9 Å². The number of nitrogens with one attached hydrogen (secondary N) is 2. The highest BCUT2D eigenvalue weighted by Crippen LogP contribution is 2.37. The first-order chi connectivity index (χ1) is 13.8. The maximum absolute atomic E-state index is 13.4. The van der Waals surface area contributed by atoms with Crippen LogP contribution in [0.1, 0.15) is 30.9 Å². The SMILES string of the molecule is CCc1cccc(OCC(=O)Nc2ccc(NC(=O)C3CC3)cc2C(F)(F)F)c1. The molecule has 0 saturated heterocycles. The lowest BCUT2D eigenvalue weighted by Gasteiger charge is -2.16. The number of ether oxygens (including phenoxy) is 1. The van der Waals surface area contributed by atoms with E-state index in [-0.39, 0.29) is 17.5 Å². The molecule has 1 aliphatic rings. The van der Waals surface area contributed by atoms with E-state index in [1.165, 1.54) is 6.07 Å². The van der Waals surface area contributed by atoms with Gasteiger partial charge in [0.05, 0.1) is 11.3 Å². The van der Waals surface area contributed by atoms with Gasteiger partial charge in [-0.15, -0.1) is 0 Å². The van der Waals surface area contributed by atoms with Crippen LogP contribution in [0, 0.1) is 5.92 Å². The number of alkyl halides is 3. The second kappa shape index (κ2) is 8.55. The second-order valence-electron chi connectivity index (χ2n) is 6.86. The molecule has 0 heterocycles. The van der Waals surface area contributed by atoms with Crippen LogP contribution in [0.15, 0.2) is 42.5 Å². The van der Waals surface area contributed by atoms with Crippen molar-refractivity contribution in [3.63, 3.8) is 0 Å². The van der Waals surface area contributed by atoms with Gasteiger partial charge in [-0.05, 0) is 55.2 Å². The average molecular weight is 406 g/mol. The molecule has 8 heteroatoms. The first-order valence-electron chi connectivity index (χ1n) is 9.30. The smallest absolute Gasteiger partial charge is 0.418 e. The summed E-state index contributed by atoms with van der Waals surface area (Å²) >= 11 is 0. The number of benzene rings is 2. The van der Waals surface area contributed by atoms with Crippen LogP contribution in [0.2, 0.25) is 0 Å². The molecular weight excluding hydrogens is 385 g/mol. The second-order valence-corrected chi connectivity index (χ2v) is 6.86. The number of carbonyl (C=O) groups excluding carboxylic acids is 2. The van der Waals surface area contributed by atoms with Gasteiger partial charge in [-0.1, -0.05) is 19.1 Å². The average Bonchev–Trinajstić information content (AvgIpc) is 3.52. The zero-order chi connectivity index (χ0) is 21.0. The normalized spacial score (nSPS) is 13.7. The van der Waals surface area contributed by atoms with Crippen LogP contribution < -0.4 is 15.4 Å². The van der Waals surface area contributed by atoms with Crippen LogP contribution in [0.3, 0.4) is 0 Å². The summed E-state index contributed by atoms with van der Waals surface area (Å²) in [6, 6.07) is 10.4. The first-order valence-corrected chi connectivity index (χ1v) is 9.30. The summed E-state index contributed by atoms with van der Waals surface area (Å²) in [7, 11) is 0. The molecule has 3 rings (SSSR count). The van der Waals surface area contributed by atoms with Crippen LogP contribution in [0.5, 0.6) is 5.75 Å². The van der Waals surface area contributed by atoms with Crippen molar-refractivity contribution in [1.82, 2.24) is 0 Å². The van der Waals surface area contributed by atoms with Crippen molar-refractivity contribution >= 4 is 23.2 Å². The van der Waals surface area contributed by atoms with Crippen LogP contribution in [-0.2, 0) is 22.2 Å². The van der Waals surface area contributed by atoms with Crippen LogP contribution >= 0.6 is 0 Å². The zero-order valence-corrected chi connectivity index (χ0v) is 15.8. The highest BCUT2D eigenvalue weighted by molar-refractivity contribution is 5.96. The number of aryl methyl sites for hydroxylation is 1. The first kappa shape index (κ1) is 20.7. The molecule has 2 N–H and O–H groups in total. The number of amides is 2. The summed E-state index contributed by atoms with van der Waals surface area (Å²) in [5, 5.41) is 4.71. The van der Waals surface area contributed by atoms with Gasteiger partial charge in [-0.2, -0.15) is 13.2 Å². The Balaban J connectivity index is 1.67. The number of rotatable bonds is 7. The molecule has 0 unspecified atom stereocenters. The molecule has 1 fully saturated rings. The van der Waals surface area contributed by atoms with Gasteiger partial charge in [-0.25, -0.2) is 0 Å². The Bertz CT molecular complexity index is 908. The monoisotopic (exact) mass is 406 g/mol. The molecule has 2 aromatic carbocycles. The van der Waals surface area contributed by atoms with Crippen LogP contribution in [0.25, 0.3) is 0 Å². The fraction of sp³-hybridized carbons (Fsp3) is 0.333. The summed E-state index contributed by atoms with van der Waals surface area (Å²) in [5.41, 5.74) is -0.365. The van der Waals surface area contributed by atoms with Gasteiger partial charge in [0.15, 0.2) is 6.61 Å². The molecule has 29 heavy (non-hydrogen) atoms. The van der Waals surface area contributed by atoms with E-state index in [1.54, 1.807) is 18.2 Å². The quantitative estimate of drug-likeness (QED) is 0.704. The Morgan fingerprint density at radius 1 is 1.10 bits per heavy atom. The Morgan fingerprint density at radius 3 is 2.52 bits per heavy atom. The molecule has 1 saturated carbocycles. The van der Waals surface area contributed by atoms with Crippen molar-refractivity contribution in [2.24, 2.45) is 5.92 Å². The van der Waals surface area contributed by atoms with Gasteiger partial charge in [0.25, 0.3) is 5.91 Å². The lowest BCUT2D eigenvalue weighted by atomic mass is 10.1. The van der Waals surface area contributed by atoms with E-state index in [0.717, 1.165) is 37.0 Å². The molecule has 5 nitrogen and oxygen atoms in total. The minimum absolute atomic E-state index is 0.0415. The molecule has 0 spiro atoms. The molecule has 1 aliphatic carbocycles. The van der Waals surface area contributed by atoms with Gasteiger partial charge >= 0.3 is 6.18 Å².